The fourth-order valence-corrected chi connectivity index (χ4v) is 3.15. The number of hydrogen-bond acceptors (Lipinski definition) is 3. The minimum absolute atomic E-state index is 0.00608. The summed E-state index contributed by atoms with van der Waals surface area (Å²) in [6.07, 6.45) is 1.47. The summed E-state index contributed by atoms with van der Waals surface area (Å²) >= 11 is 5.74. The molecule has 1 heterocycles. The highest BCUT2D eigenvalue weighted by Crippen LogP contribution is 2.25. The van der Waals surface area contributed by atoms with Crippen LogP contribution in [-0.2, 0) is 4.79 Å². The molecule has 1 aliphatic rings. The quantitative estimate of drug-likeness (QED) is 0.895. The molecule has 25 heavy (non-hydrogen) atoms. The highest BCUT2D eigenvalue weighted by Gasteiger charge is 2.25. The van der Waals surface area contributed by atoms with E-state index in [1.165, 1.54) is 18.2 Å². The molecule has 0 spiro atoms. The molecule has 6 heteroatoms. The van der Waals surface area contributed by atoms with Crippen LogP contribution in [0.2, 0.25) is 5.02 Å². The van der Waals surface area contributed by atoms with E-state index in [4.69, 9.17) is 16.9 Å². The van der Waals surface area contributed by atoms with Crippen LogP contribution in [0.5, 0.6) is 0 Å². The highest BCUT2D eigenvalue weighted by molar-refractivity contribution is 6.31. The van der Waals surface area contributed by atoms with Crippen LogP contribution in [-0.4, -0.2) is 19.0 Å². The second kappa shape index (κ2) is 7.54. The molecular weight excluding hydrogens is 341 g/mol. The first-order chi connectivity index (χ1) is 12.1. The minimum Gasteiger partial charge on any atom is -0.371 e. The van der Waals surface area contributed by atoms with Gasteiger partial charge in [-0.05, 0) is 55.3 Å². The molecule has 1 saturated heterocycles. The summed E-state index contributed by atoms with van der Waals surface area (Å²) in [6, 6.07) is 13.7. The summed E-state index contributed by atoms with van der Waals surface area (Å²) < 4.78 is 13.2. The van der Waals surface area contributed by atoms with Crippen molar-refractivity contribution >= 4 is 28.9 Å². The molecule has 0 radical (unpaired) electrons. The van der Waals surface area contributed by atoms with E-state index in [-0.39, 0.29) is 16.8 Å². The summed E-state index contributed by atoms with van der Waals surface area (Å²) in [4.78, 5) is 14.6. The molecule has 0 unspecified atom stereocenters. The molecular formula is C19H17ClFN3O. The second-order valence-electron chi connectivity index (χ2n) is 6.04. The van der Waals surface area contributed by atoms with Gasteiger partial charge in [-0.15, -0.1) is 0 Å². The molecule has 2 aromatic carbocycles. The van der Waals surface area contributed by atoms with Gasteiger partial charge in [0.05, 0.1) is 16.7 Å². The van der Waals surface area contributed by atoms with Gasteiger partial charge >= 0.3 is 0 Å². The van der Waals surface area contributed by atoms with Gasteiger partial charge in [0, 0.05) is 30.4 Å². The van der Waals surface area contributed by atoms with Crippen LogP contribution in [0.4, 0.5) is 15.8 Å². The lowest BCUT2D eigenvalue weighted by Crippen LogP contribution is -2.38. The Bertz CT molecular complexity index is 808. The van der Waals surface area contributed by atoms with Gasteiger partial charge in [-0.3, -0.25) is 4.79 Å². The number of halogens is 2. The van der Waals surface area contributed by atoms with Crippen LogP contribution in [0, 0.1) is 23.1 Å². The number of hydrogen-bond donors (Lipinski definition) is 1. The fourth-order valence-electron chi connectivity index (χ4n) is 2.96. The van der Waals surface area contributed by atoms with Gasteiger partial charge in [-0.1, -0.05) is 11.6 Å². The monoisotopic (exact) mass is 357 g/mol. The molecule has 0 aromatic heterocycles. The van der Waals surface area contributed by atoms with Gasteiger partial charge in [0.15, 0.2) is 0 Å². The summed E-state index contributed by atoms with van der Waals surface area (Å²) in [5.41, 5.74) is 2.20. The molecule has 1 amide bonds. The van der Waals surface area contributed by atoms with Crippen molar-refractivity contribution in [2.24, 2.45) is 5.92 Å². The Morgan fingerprint density at radius 1 is 1.20 bits per heavy atom. The molecule has 0 aliphatic carbocycles. The molecule has 0 saturated carbocycles. The summed E-state index contributed by atoms with van der Waals surface area (Å²) in [5.74, 6) is -0.656. The number of benzene rings is 2. The molecule has 3 rings (SSSR count). The topological polar surface area (TPSA) is 56.1 Å². The van der Waals surface area contributed by atoms with Crippen molar-refractivity contribution in [2.75, 3.05) is 23.3 Å². The Morgan fingerprint density at radius 3 is 2.48 bits per heavy atom. The summed E-state index contributed by atoms with van der Waals surface area (Å²) in [6.45, 7) is 1.54. The number of carbonyl (C=O) groups excluding carboxylic acids is 1. The number of rotatable bonds is 3. The maximum atomic E-state index is 13.2. The maximum absolute atomic E-state index is 13.2. The van der Waals surface area contributed by atoms with E-state index >= 15 is 0 Å². The summed E-state index contributed by atoms with van der Waals surface area (Å²) in [7, 11) is 0. The predicted octanol–water partition coefficient (Wildman–Crippen LogP) is 4.21. The summed E-state index contributed by atoms with van der Waals surface area (Å²) in [5, 5.41) is 11.6. The van der Waals surface area contributed by atoms with Crippen LogP contribution in [0.15, 0.2) is 42.5 Å². The lowest BCUT2D eigenvalue weighted by molar-refractivity contribution is -0.120. The van der Waals surface area contributed by atoms with Crippen LogP contribution in [0.1, 0.15) is 18.4 Å². The average molecular weight is 358 g/mol. The van der Waals surface area contributed by atoms with Gasteiger partial charge in [0.25, 0.3) is 0 Å². The van der Waals surface area contributed by atoms with Crippen LogP contribution in [0.3, 0.4) is 0 Å². The van der Waals surface area contributed by atoms with Crippen molar-refractivity contribution in [2.45, 2.75) is 12.8 Å². The molecule has 1 N–H and O–H groups in total. The zero-order valence-electron chi connectivity index (χ0n) is 13.5. The van der Waals surface area contributed by atoms with Crippen LogP contribution < -0.4 is 10.2 Å². The van der Waals surface area contributed by atoms with Gasteiger partial charge < -0.3 is 10.2 Å². The van der Waals surface area contributed by atoms with Gasteiger partial charge in [-0.25, -0.2) is 4.39 Å². The van der Waals surface area contributed by atoms with Crippen molar-refractivity contribution in [1.29, 1.82) is 5.26 Å². The fraction of sp³-hybridized carbons (Fsp3) is 0.263. The largest absolute Gasteiger partial charge is 0.371 e. The lowest BCUT2D eigenvalue weighted by atomic mass is 9.95. The molecule has 128 valence electrons. The van der Waals surface area contributed by atoms with E-state index in [9.17, 15) is 9.18 Å². The second-order valence-corrected chi connectivity index (χ2v) is 6.45. The molecule has 4 nitrogen and oxygen atoms in total. The molecule has 2 aromatic rings. The van der Waals surface area contributed by atoms with Gasteiger partial charge in [-0.2, -0.15) is 5.26 Å². The number of anilines is 2. The number of amides is 1. The lowest BCUT2D eigenvalue weighted by Gasteiger charge is -2.33. The third-order valence-corrected chi connectivity index (χ3v) is 4.70. The molecule has 1 fully saturated rings. The third-order valence-electron chi connectivity index (χ3n) is 4.41. The van der Waals surface area contributed by atoms with E-state index in [0.29, 0.717) is 11.3 Å². The Balaban J connectivity index is 1.56. The van der Waals surface area contributed by atoms with E-state index in [1.807, 2.05) is 12.1 Å². The van der Waals surface area contributed by atoms with E-state index in [0.717, 1.165) is 31.6 Å². The number of piperidine rings is 1. The van der Waals surface area contributed by atoms with Crippen molar-refractivity contribution < 1.29 is 9.18 Å². The Labute approximate surface area is 150 Å². The number of nitriles is 1. The zero-order chi connectivity index (χ0) is 17.8. The van der Waals surface area contributed by atoms with Gasteiger partial charge in [0.1, 0.15) is 5.82 Å². The Hall–Kier alpha value is -2.58. The minimum atomic E-state index is -0.504. The first-order valence-corrected chi connectivity index (χ1v) is 8.45. The first kappa shape index (κ1) is 17.2. The molecule has 1 aliphatic heterocycles. The SMILES string of the molecule is N#Cc1ccc(N2CCC(C(=O)Nc3ccc(F)c(Cl)c3)CC2)cc1. The number of carbonyl (C=O) groups is 1. The van der Waals surface area contributed by atoms with Gasteiger partial charge in [0.2, 0.25) is 5.91 Å². The smallest absolute Gasteiger partial charge is 0.227 e. The number of nitrogens with one attached hydrogen (secondary N) is 1. The standard InChI is InChI=1S/C19H17ClFN3O/c20-17-11-15(3-6-18(17)21)23-19(25)14-7-9-24(10-8-14)16-4-1-13(12-22)2-5-16/h1-6,11,14H,7-10H2,(H,23,25). The van der Waals surface area contributed by atoms with Crippen LogP contribution >= 0.6 is 11.6 Å². The predicted molar refractivity (Wildman–Crippen MR) is 96.1 cm³/mol. The Kier molecular flexibility index (Phi) is 5.20. The van der Waals surface area contributed by atoms with Crippen molar-refractivity contribution in [3.05, 3.63) is 58.9 Å². The number of nitrogens with zero attached hydrogens (tertiary/aromatic N) is 2. The van der Waals surface area contributed by atoms with Crippen LogP contribution in [0.25, 0.3) is 0 Å². The maximum Gasteiger partial charge on any atom is 0.227 e. The van der Waals surface area contributed by atoms with E-state index in [1.54, 1.807) is 12.1 Å². The van der Waals surface area contributed by atoms with Crippen molar-refractivity contribution in [3.8, 4) is 6.07 Å². The Morgan fingerprint density at radius 2 is 1.88 bits per heavy atom. The normalized spacial score (nSPS) is 14.8. The van der Waals surface area contributed by atoms with E-state index < -0.39 is 5.82 Å². The highest BCUT2D eigenvalue weighted by atomic mass is 35.5. The average Bonchev–Trinajstić information content (AvgIpc) is 2.65. The first-order valence-electron chi connectivity index (χ1n) is 8.08. The zero-order valence-corrected chi connectivity index (χ0v) is 14.3. The van der Waals surface area contributed by atoms with E-state index in [2.05, 4.69) is 16.3 Å². The van der Waals surface area contributed by atoms with Crippen molar-refractivity contribution in [3.63, 3.8) is 0 Å². The molecule has 0 bridgehead atoms. The third kappa shape index (κ3) is 4.09. The molecule has 0 atom stereocenters. The van der Waals surface area contributed by atoms with Crippen molar-refractivity contribution in [1.82, 2.24) is 0 Å².